The molecule has 0 bridgehead atoms. The lowest BCUT2D eigenvalue weighted by atomic mass is 10.1. The van der Waals surface area contributed by atoms with Crippen LogP contribution in [0.2, 0.25) is 0 Å². The maximum absolute atomic E-state index is 9.45. The minimum Gasteiger partial charge on any atom is -0.389 e. The summed E-state index contributed by atoms with van der Waals surface area (Å²) < 4.78 is 0. The van der Waals surface area contributed by atoms with Crippen LogP contribution < -0.4 is 0 Å². The average molecular weight is 253 g/mol. The van der Waals surface area contributed by atoms with Crippen LogP contribution >= 0.6 is 12.4 Å². The molecule has 17 heavy (non-hydrogen) atoms. The van der Waals surface area contributed by atoms with Gasteiger partial charge in [-0.25, -0.2) is 19.9 Å². The number of nitrogens with zero attached hydrogens (tertiary/aromatic N) is 4. The Hall–Kier alpha value is -1.59. The van der Waals surface area contributed by atoms with Gasteiger partial charge in [0.15, 0.2) is 11.6 Å². The van der Waals surface area contributed by atoms with Gasteiger partial charge in [0.25, 0.3) is 0 Å². The molecule has 0 aliphatic rings. The Morgan fingerprint density at radius 3 is 2.29 bits per heavy atom. The Bertz CT molecular complexity index is 490. The predicted octanol–water partition coefficient (Wildman–Crippen LogP) is 1.72. The molecule has 0 aromatic carbocycles. The van der Waals surface area contributed by atoms with Crippen LogP contribution in [0.1, 0.15) is 24.3 Å². The van der Waals surface area contributed by atoms with Gasteiger partial charge >= 0.3 is 0 Å². The maximum atomic E-state index is 9.45. The number of halogens is 1. The van der Waals surface area contributed by atoms with E-state index in [0.29, 0.717) is 11.6 Å². The van der Waals surface area contributed by atoms with Crippen LogP contribution in [0.25, 0.3) is 11.6 Å². The van der Waals surface area contributed by atoms with Crippen molar-refractivity contribution in [2.75, 3.05) is 0 Å². The number of hydrogen-bond donors (Lipinski definition) is 1. The topological polar surface area (TPSA) is 71.8 Å². The molecule has 0 saturated carbocycles. The van der Waals surface area contributed by atoms with Gasteiger partial charge in [-0.05, 0) is 19.9 Å². The zero-order valence-electron chi connectivity index (χ0n) is 9.53. The van der Waals surface area contributed by atoms with Gasteiger partial charge in [-0.1, -0.05) is 0 Å². The highest BCUT2D eigenvalue weighted by atomic mass is 35.5. The zero-order valence-corrected chi connectivity index (χ0v) is 10.3. The summed E-state index contributed by atoms with van der Waals surface area (Å²) in [6.45, 7) is 3.51. The molecule has 90 valence electrons. The second-order valence-electron chi connectivity index (χ2n) is 3.48. The lowest BCUT2D eigenvalue weighted by Gasteiger charge is -2.07. The van der Waals surface area contributed by atoms with Crippen LogP contribution in [-0.2, 0) is 0 Å². The highest BCUT2D eigenvalue weighted by Gasteiger charge is 2.10. The first-order chi connectivity index (χ1) is 7.68. The van der Waals surface area contributed by atoms with Crippen LogP contribution in [0.3, 0.4) is 0 Å². The van der Waals surface area contributed by atoms with Crippen molar-refractivity contribution in [3.63, 3.8) is 0 Å². The van der Waals surface area contributed by atoms with Gasteiger partial charge in [-0.2, -0.15) is 0 Å². The third-order valence-electron chi connectivity index (χ3n) is 2.23. The minimum atomic E-state index is -0.564. The van der Waals surface area contributed by atoms with Crippen molar-refractivity contribution in [1.82, 2.24) is 19.9 Å². The number of aryl methyl sites for hydroxylation is 1. The SMILES string of the molecule is Cc1nc(-c2ncccn2)ncc1[C@@H](C)O.Cl. The van der Waals surface area contributed by atoms with E-state index in [4.69, 9.17) is 0 Å². The molecular formula is C11H13ClN4O. The Morgan fingerprint density at radius 2 is 1.76 bits per heavy atom. The summed E-state index contributed by atoms with van der Waals surface area (Å²) in [7, 11) is 0. The molecule has 2 aromatic rings. The molecule has 1 atom stereocenters. The fourth-order valence-electron chi connectivity index (χ4n) is 1.41. The molecule has 0 radical (unpaired) electrons. The third kappa shape index (κ3) is 2.95. The van der Waals surface area contributed by atoms with Crippen molar-refractivity contribution in [1.29, 1.82) is 0 Å². The number of rotatable bonds is 2. The smallest absolute Gasteiger partial charge is 0.197 e. The van der Waals surface area contributed by atoms with Gasteiger partial charge in [0, 0.05) is 29.8 Å². The van der Waals surface area contributed by atoms with Crippen LogP contribution in [0.5, 0.6) is 0 Å². The predicted molar refractivity (Wildman–Crippen MR) is 65.7 cm³/mol. The molecule has 0 aliphatic heterocycles. The second-order valence-corrected chi connectivity index (χ2v) is 3.48. The first-order valence-electron chi connectivity index (χ1n) is 4.97. The molecule has 0 unspecified atom stereocenters. The molecule has 0 spiro atoms. The van der Waals surface area contributed by atoms with E-state index in [1.165, 1.54) is 0 Å². The quantitative estimate of drug-likeness (QED) is 0.881. The average Bonchev–Trinajstić information content (AvgIpc) is 2.29. The molecule has 2 heterocycles. The van der Waals surface area contributed by atoms with Gasteiger partial charge in [0.05, 0.1) is 6.10 Å². The summed E-state index contributed by atoms with van der Waals surface area (Å²) in [5.74, 6) is 0.963. The van der Waals surface area contributed by atoms with E-state index < -0.39 is 6.10 Å². The van der Waals surface area contributed by atoms with Crippen molar-refractivity contribution in [3.8, 4) is 11.6 Å². The van der Waals surface area contributed by atoms with Crippen molar-refractivity contribution < 1.29 is 5.11 Å². The summed E-state index contributed by atoms with van der Waals surface area (Å²) in [5, 5.41) is 9.45. The molecule has 0 fully saturated rings. The van der Waals surface area contributed by atoms with Crippen molar-refractivity contribution >= 4 is 12.4 Å². The largest absolute Gasteiger partial charge is 0.389 e. The molecular weight excluding hydrogens is 240 g/mol. The van der Waals surface area contributed by atoms with Gasteiger partial charge in [-0.15, -0.1) is 12.4 Å². The van der Waals surface area contributed by atoms with E-state index in [9.17, 15) is 5.11 Å². The Kier molecular flexibility index (Phi) is 4.48. The van der Waals surface area contributed by atoms with Gasteiger partial charge in [-0.3, -0.25) is 0 Å². The van der Waals surface area contributed by atoms with E-state index in [2.05, 4.69) is 19.9 Å². The number of aromatic nitrogens is 4. The Morgan fingerprint density at radius 1 is 1.12 bits per heavy atom. The van der Waals surface area contributed by atoms with Crippen LogP contribution in [0, 0.1) is 6.92 Å². The first kappa shape index (κ1) is 13.5. The fourth-order valence-corrected chi connectivity index (χ4v) is 1.41. The molecule has 0 saturated heterocycles. The van der Waals surface area contributed by atoms with Crippen LogP contribution in [0.15, 0.2) is 24.7 Å². The number of aliphatic hydroxyl groups is 1. The lowest BCUT2D eigenvalue weighted by Crippen LogP contribution is -2.02. The number of aliphatic hydroxyl groups excluding tert-OH is 1. The molecule has 0 aliphatic carbocycles. The zero-order chi connectivity index (χ0) is 11.5. The molecule has 6 heteroatoms. The monoisotopic (exact) mass is 252 g/mol. The van der Waals surface area contributed by atoms with Crippen LogP contribution in [0.4, 0.5) is 0 Å². The van der Waals surface area contributed by atoms with Gasteiger partial charge in [0.1, 0.15) is 0 Å². The molecule has 0 amide bonds. The lowest BCUT2D eigenvalue weighted by molar-refractivity contribution is 0.197. The van der Waals surface area contributed by atoms with Crippen molar-refractivity contribution in [3.05, 3.63) is 35.9 Å². The minimum absolute atomic E-state index is 0. The second kappa shape index (κ2) is 5.65. The maximum Gasteiger partial charge on any atom is 0.197 e. The fraction of sp³-hybridized carbons (Fsp3) is 0.273. The summed E-state index contributed by atoms with van der Waals surface area (Å²) in [6, 6.07) is 1.74. The van der Waals surface area contributed by atoms with E-state index in [0.717, 1.165) is 11.3 Å². The summed E-state index contributed by atoms with van der Waals surface area (Å²) in [6.07, 6.45) is 4.33. The third-order valence-corrected chi connectivity index (χ3v) is 2.23. The molecule has 2 rings (SSSR count). The number of hydrogen-bond acceptors (Lipinski definition) is 5. The van der Waals surface area contributed by atoms with E-state index >= 15 is 0 Å². The normalized spacial score (nSPS) is 11.7. The van der Waals surface area contributed by atoms with E-state index in [1.807, 2.05) is 6.92 Å². The van der Waals surface area contributed by atoms with Gasteiger partial charge in [0.2, 0.25) is 0 Å². The Labute approximate surface area is 105 Å². The highest BCUT2D eigenvalue weighted by molar-refractivity contribution is 5.85. The molecule has 5 nitrogen and oxygen atoms in total. The van der Waals surface area contributed by atoms with Crippen molar-refractivity contribution in [2.24, 2.45) is 0 Å². The van der Waals surface area contributed by atoms with Crippen molar-refractivity contribution in [2.45, 2.75) is 20.0 Å². The molecule has 2 aromatic heterocycles. The summed E-state index contributed by atoms with van der Waals surface area (Å²) >= 11 is 0. The van der Waals surface area contributed by atoms with E-state index in [-0.39, 0.29) is 12.4 Å². The molecule has 1 N–H and O–H groups in total. The Balaban J connectivity index is 0.00000144. The van der Waals surface area contributed by atoms with Gasteiger partial charge < -0.3 is 5.11 Å². The first-order valence-corrected chi connectivity index (χ1v) is 4.97. The van der Waals surface area contributed by atoms with E-state index in [1.54, 1.807) is 31.6 Å². The highest BCUT2D eigenvalue weighted by Crippen LogP contribution is 2.16. The van der Waals surface area contributed by atoms with Crippen LogP contribution in [-0.4, -0.2) is 25.0 Å². The standard InChI is InChI=1S/C11H12N4O.ClH/c1-7-9(8(2)16)6-14-11(15-7)10-12-4-3-5-13-10;/h3-6,8,16H,1-2H3;1H/t8-;/m1./s1. The summed E-state index contributed by atoms with van der Waals surface area (Å²) in [4.78, 5) is 16.5. The summed E-state index contributed by atoms with van der Waals surface area (Å²) in [5.41, 5.74) is 1.46.